The Labute approximate surface area is 97.4 Å². The smallest absolute Gasteiger partial charge is 0.120 e. The predicted octanol–water partition coefficient (Wildman–Crippen LogP) is 4.64. The molecule has 0 saturated carbocycles. The van der Waals surface area contributed by atoms with E-state index in [9.17, 15) is 0 Å². The highest BCUT2D eigenvalue weighted by Gasteiger charge is 2.05. The summed E-state index contributed by atoms with van der Waals surface area (Å²) >= 11 is 6.16. The second-order valence-electron chi connectivity index (χ2n) is 4.04. The van der Waals surface area contributed by atoms with E-state index >= 15 is 0 Å². The fraction of sp³-hybridized carbons (Fsp3) is 0.538. The van der Waals surface area contributed by atoms with Gasteiger partial charge in [-0.15, -0.1) is 0 Å². The number of hydrogen-bond acceptors (Lipinski definition) is 1. The first-order chi connectivity index (χ1) is 7.15. The lowest BCUT2D eigenvalue weighted by Crippen LogP contribution is -1.97. The van der Waals surface area contributed by atoms with Gasteiger partial charge in [0.25, 0.3) is 0 Å². The van der Waals surface area contributed by atoms with Gasteiger partial charge in [0.05, 0.1) is 6.61 Å². The molecule has 84 valence electrons. The van der Waals surface area contributed by atoms with Crippen molar-refractivity contribution in [1.29, 1.82) is 0 Å². The van der Waals surface area contributed by atoms with E-state index < -0.39 is 0 Å². The van der Waals surface area contributed by atoms with E-state index in [1.54, 1.807) is 0 Å². The van der Waals surface area contributed by atoms with E-state index in [2.05, 4.69) is 20.8 Å². The minimum atomic E-state index is 0.460. The molecule has 0 aliphatic heterocycles. The Morgan fingerprint density at radius 2 is 2.07 bits per heavy atom. The van der Waals surface area contributed by atoms with Crippen molar-refractivity contribution in [2.24, 2.45) is 0 Å². The molecule has 0 heterocycles. The van der Waals surface area contributed by atoms with Crippen LogP contribution in [0.4, 0.5) is 0 Å². The van der Waals surface area contributed by atoms with Crippen LogP contribution in [0, 0.1) is 0 Å². The monoisotopic (exact) mass is 226 g/mol. The van der Waals surface area contributed by atoms with Gasteiger partial charge in [-0.3, -0.25) is 0 Å². The third-order valence-electron chi connectivity index (χ3n) is 2.36. The minimum Gasteiger partial charge on any atom is -0.494 e. The normalized spacial score (nSPS) is 10.7. The van der Waals surface area contributed by atoms with Crippen molar-refractivity contribution in [3.63, 3.8) is 0 Å². The quantitative estimate of drug-likeness (QED) is 0.665. The van der Waals surface area contributed by atoms with Crippen LogP contribution >= 0.6 is 11.6 Å². The zero-order chi connectivity index (χ0) is 11.3. The van der Waals surface area contributed by atoms with Crippen LogP contribution in [0.1, 0.15) is 45.1 Å². The van der Waals surface area contributed by atoms with Crippen molar-refractivity contribution in [2.45, 2.75) is 39.5 Å². The summed E-state index contributed by atoms with van der Waals surface area (Å²) in [6, 6.07) is 5.96. The number of ether oxygens (including phenoxy) is 1. The summed E-state index contributed by atoms with van der Waals surface area (Å²) in [6.07, 6.45) is 2.24. The Morgan fingerprint density at radius 3 is 2.60 bits per heavy atom. The van der Waals surface area contributed by atoms with Crippen molar-refractivity contribution < 1.29 is 4.74 Å². The van der Waals surface area contributed by atoms with Gasteiger partial charge in [0.1, 0.15) is 5.75 Å². The molecule has 0 N–H and O–H groups in total. The zero-order valence-corrected chi connectivity index (χ0v) is 10.5. The molecule has 1 aromatic rings. The van der Waals surface area contributed by atoms with Crippen molar-refractivity contribution in [2.75, 3.05) is 6.61 Å². The van der Waals surface area contributed by atoms with E-state index in [0.29, 0.717) is 5.92 Å². The maximum atomic E-state index is 6.16. The van der Waals surface area contributed by atoms with Crippen molar-refractivity contribution in [3.05, 3.63) is 28.8 Å². The Morgan fingerprint density at radius 1 is 1.33 bits per heavy atom. The van der Waals surface area contributed by atoms with Gasteiger partial charge in [-0.1, -0.05) is 44.9 Å². The molecule has 1 nitrogen and oxygen atoms in total. The van der Waals surface area contributed by atoms with Crippen molar-refractivity contribution >= 4 is 11.6 Å². The highest BCUT2D eigenvalue weighted by molar-refractivity contribution is 6.31. The Bertz CT molecular complexity index is 307. The minimum absolute atomic E-state index is 0.460. The molecule has 0 aromatic heterocycles. The fourth-order valence-electron chi connectivity index (χ4n) is 1.40. The maximum absolute atomic E-state index is 6.16. The van der Waals surface area contributed by atoms with E-state index in [1.165, 1.54) is 5.56 Å². The molecule has 0 atom stereocenters. The molecule has 0 bridgehead atoms. The first-order valence-corrected chi connectivity index (χ1v) is 5.95. The van der Waals surface area contributed by atoms with Crippen LogP contribution in [-0.2, 0) is 0 Å². The molecule has 0 unspecified atom stereocenters. The van der Waals surface area contributed by atoms with Gasteiger partial charge in [0, 0.05) is 5.02 Å². The number of hydrogen-bond donors (Lipinski definition) is 0. The molecule has 0 spiro atoms. The van der Waals surface area contributed by atoms with Gasteiger partial charge in [-0.25, -0.2) is 0 Å². The standard InChI is InChI=1S/C13H19ClO/c1-4-5-8-15-11-6-7-12(10(2)3)13(14)9-11/h6-7,9-10H,4-5,8H2,1-3H3. The third-order valence-corrected chi connectivity index (χ3v) is 2.69. The average Bonchev–Trinajstić information content (AvgIpc) is 2.17. The molecule has 0 aliphatic carbocycles. The largest absolute Gasteiger partial charge is 0.494 e. The lowest BCUT2D eigenvalue weighted by atomic mass is 10.0. The number of unbranched alkanes of at least 4 members (excludes halogenated alkanes) is 1. The first-order valence-electron chi connectivity index (χ1n) is 5.57. The van der Waals surface area contributed by atoms with E-state index in [0.717, 1.165) is 30.2 Å². The first kappa shape index (κ1) is 12.4. The molecule has 0 aliphatic rings. The Hall–Kier alpha value is -0.690. The van der Waals surface area contributed by atoms with Gasteiger partial charge in [-0.05, 0) is 30.0 Å². The fourth-order valence-corrected chi connectivity index (χ4v) is 1.79. The number of halogens is 1. The third kappa shape index (κ3) is 3.75. The molecule has 1 rings (SSSR count). The summed E-state index contributed by atoms with van der Waals surface area (Å²) in [6.45, 7) is 7.20. The van der Waals surface area contributed by atoms with Crippen LogP contribution in [0.2, 0.25) is 5.02 Å². The molecule has 0 amide bonds. The molecular weight excluding hydrogens is 208 g/mol. The maximum Gasteiger partial charge on any atom is 0.120 e. The van der Waals surface area contributed by atoms with Crippen LogP contribution in [0.5, 0.6) is 5.75 Å². The highest BCUT2D eigenvalue weighted by Crippen LogP contribution is 2.28. The summed E-state index contributed by atoms with van der Waals surface area (Å²) in [5, 5.41) is 0.805. The molecule has 0 fully saturated rings. The second kappa shape index (κ2) is 6.02. The van der Waals surface area contributed by atoms with Crippen LogP contribution in [-0.4, -0.2) is 6.61 Å². The summed E-state index contributed by atoms with van der Waals surface area (Å²) in [5.41, 5.74) is 1.18. The van der Waals surface area contributed by atoms with E-state index in [1.807, 2.05) is 18.2 Å². The summed E-state index contributed by atoms with van der Waals surface area (Å²) < 4.78 is 5.58. The summed E-state index contributed by atoms with van der Waals surface area (Å²) in [5.74, 6) is 1.33. The lowest BCUT2D eigenvalue weighted by Gasteiger charge is -2.10. The van der Waals surface area contributed by atoms with Gasteiger partial charge < -0.3 is 4.74 Å². The summed E-state index contributed by atoms with van der Waals surface area (Å²) in [7, 11) is 0. The predicted molar refractivity (Wildman–Crippen MR) is 65.9 cm³/mol. The number of rotatable bonds is 5. The highest BCUT2D eigenvalue weighted by atomic mass is 35.5. The Kier molecular flexibility index (Phi) is 4.97. The van der Waals surface area contributed by atoms with Gasteiger partial charge in [0.15, 0.2) is 0 Å². The molecule has 15 heavy (non-hydrogen) atoms. The lowest BCUT2D eigenvalue weighted by molar-refractivity contribution is 0.309. The second-order valence-corrected chi connectivity index (χ2v) is 4.45. The van der Waals surface area contributed by atoms with Crippen molar-refractivity contribution in [1.82, 2.24) is 0 Å². The molecule has 2 heteroatoms. The summed E-state index contributed by atoms with van der Waals surface area (Å²) in [4.78, 5) is 0. The molecule has 1 aromatic carbocycles. The van der Waals surface area contributed by atoms with Crippen LogP contribution in [0.3, 0.4) is 0 Å². The zero-order valence-electron chi connectivity index (χ0n) is 9.72. The number of benzene rings is 1. The molecular formula is C13H19ClO. The average molecular weight is 227 g/mol. The Balaban J connectivity index is 2.65. The van der Waals surface area contributed by atoms with Crippen molar-refractivity contribution in [3.8, 4) is 5.75 Å². The van der Waals surface area contributed by atoms with Crippen LogP contribution in [0.15, 0.2) is 18.2 Å². The van der Waals surface area contributed by atoms with Gasteiger partial charge >= 0.3 is 0 Å². The van der Waals surface area contributed by atoms with Gasteiger partial charge in [0.2, 0.25) is 0 Å². The van der Waals surface area contributed by atoms with Crippen LogP contribution < -0.4 is 4.74 Å². The molecule has 0 radical (unpaired) electrons. The van der Waals surface area contributed by atoms with E-state index in [4.69, 9.17) is 16.3 Å². The SMILES string of the molecule is CCCCOc1ccc(C(C)C)c(Cl)c1. The van der Waals surface area contributed by atoms with E-state index in [-0.39, 0.29) is 0 Å². The molecule has 0 saturated heterocycles. The van der Waals surface area contributed by atoms with Gasteiger partial charge in [-0.2, -0.15) is 0 Å². The van der Waals surface area contributed by atoms with Crippen LogP contribution in [0.25, 0.3) is 0 Å². The topological polar surface area (TPSA) is 9.23 Å².